The summed E-state index contributed by atoms with van der Waals surface area (Å²) in [4.78, 5) is 11.7. The molecule has 0 heterocycles. The monoisotopic (exact) mass is 566 g/mol. The molecule has 220 valence electrons. The Balaban J connectivity index is 2.10. The molecule has 4 atom stereocenters. The highest BCUT2D eigenvalue weighted by Gasteiger charge is 2.47. The van der Waals surface area contributed by atoms with Gasteiger partial charge < -0.3 is 19.0 Å². The molecular formula is C31H48F2O5Si. The zero-order valence-electron chi connectivity index (χ0n) is 24.7. The fraction of sp³-hybridized carbons (Fsp3) is 0.645. The van der Waals surface area contributed by atoms with Crippen LogP contribution in [0.1, 0.15) is 66.7 Å². The summed E-state index contributed by atoms with van der Waals surface area (Å²) in [7, 11) is -2.20. The number of aliphatic hydroxyl groups excluding tert-OH is 1. The molecule has 1 aromatic rings. The van der Waals surface area contributed by atoms with Crippen LogP contribution in [0.15, 0.2) is 54.6 Å². The largest absolute Gasteiger partial charge is 0.487 e. The molecule has 8 heteroatoms. The molecule has 39 heavy (non-hydrogen) atoms. The molecule has 1 saturated carbocycles. The van der Waals surface area contributed by atoms with E-state index in [2.05, 4.69) is 33.9 Å². The summed E-state index contributed by atoms with van der Waals surface area (Å²) >= 11 is 0. The number of esters is 1. The molecule has 0 radical (unpaired) electrons. The Kier molecular flexibility index (Phi) is 12.4. The van der Waals surface area contributed by atoms with Crippen LogP contribution in [0.2, 0.25) is 18.1 Å². The standard InChI is InChI=1S/C31H48F2O5Si/c1-23(2)37-29(35)18-14-9-8-13-17-25-26(28(21-27(25)34)38-39(6,7)30(3,4)5)19-20-31(32,33)22-36-24-15-11-10-12-16-24/h8,10-13,15-16,19-20,23,25-28,34H,9,14,17-18,21-22H2,1-7H3/t25-,26-,27+,28-/m1/s1. The number of aliphatic hydroxyl groups is 1. The van der Waals surface area contributed by atoms with Gasteiger partial charge in [-0.1, -0.05) is 57.2 Å². The number of carbonyl (C=O) groups excluding carboxylic acids is 1. The lowest BCUT2D eigenvalue weighted by Gasteiger charge is -2.40. The van der Waals surface area contributed by atoms with Gasteiger partial charge in [0, 0.05) is 12.3 Å². The van der Waals surface area contributed by atoms with E-state index in [9.17, 15) is 18.7 Å². The highest BCUT2D eigenvalue weighted by molar-refractivity contribution is 6.74. The van der Waals surface area contributed by atoms with Crippen LogP contribution in [-0.4, -0.2) is 50.2 Å². The van der Waals surface area contributed by atoms with Gasteiger partial charge in [-0.3, -0.25) is 4.79 Å². The van der Waals surface area contributed by atoms with Gasteiger partial charge in [0.25, 0.3) is 5.92 Å². The smallest absolute Gasteiger partial charge is 0.306 e. The summed E-state index contributed by atoms with van der Waals surface area (Å²) in [5.74, 6) is -3.60. The fourth-order valence-electron chi connectivity index (χ4n) is 4.42. The van der Waals surface area contributed by atoms with E-state index in [0.717, 1.165) is 6.08 Å². The van der Waals surface area contributed by atoms with Gasteiger partial charge in [0.05, 0.1) is 18.3 Å². The van der Waals surface area contributed by atoms with Crippen molar-refractivity contribution in [3.63, 3.8) is 0 Å². The molecule has 1 fully saturated rings. The van der Waals surface area contributed by atoms with Gasteiger partial charge in [0.1, 0.15) is 5.75 Å². The molecule has 0 amide bonds. The minimum Gasteiger partial charge on any atom is -0.487 e. The Labute approximate surface area is 234 Å². The van der Waals surface area contributed by atoms with E-state index in [-0.39, 0.29) is 35.1 Å². The van der Waals surface area contributed by atoms with Gasteiger partial charge in [-0.15, -0.1) is 0 Å². The molecule has 2 rings (SSSR count). The maximum Gasteiger partial charge on any atom is 0.306 e. The molecule has 0 spiro atoms. The predicted molar refractivity (Wildman–Crippen MR) is 155 cm³/mol. The quantitative estimate of drug-likeness (QED) is 0.108. The third kappa shape index (κ3) is 11.2. The highest BCUT2D eigenvalue weighted by Crippen LogP contribution is 2.44. The highest BCUT2D eigenvalue weighted by atomic mass is 28.4. The third-order valence-corrected chi connectivity index (χ3v) is 12.1. The van der Waals surface area contributed by atoms with Crippen molar-refractivity contribution in [1.29, 1.82) is 0 Å². The lowest BCUT2D eigenvalue weighted by molar-refractivity contribution is -0.147. The van der Waals surface area contributed by atoms with E-state index in [1.807, 2.05) is 26.0 Å². The van der Waals surface area contributed by atoms with Crippen LogP contribution in [0.3, 0.4) is 0 Å². The van der Waals surface area contributed by atoms with Crippen LogP contribution >= 0.6 is 0 Å². The molecule has 0 aromatic heterocycles. The topological polar surface area (TPSA) is 65.0 Å². The molecule has 0 unspecified atom stereocenters. The molecule has 0 aliphatic heterocycles. The Morgan fingerprint density at radius 1 is 1.15 bits per heavy atom. The second kappa shape index (κ2) is 14.6. The minimum atomic E-state index is -3.17. The summed E-state index contributed by atoms with van der Waals surface area (Å²) in [6, 6.07) is 8.56. The predicted octanol–water partition coefficient (Wildman–Crippen LogP) is 7.71. The number of halogens is 2. The van der Waals surface area contributed by atoms with Crippen LogP contribution in [-0.2, 0) is 14.0 Å². The lowest BCUT2D eigenvalue weighted by Crippen LogP contribution is -2.45. The van der Waals surface area contributed by atoms with Crippen LogP contribution in [0.25, 0.3) is 0 Å². The first-order valence-corrected chi connectivity index (χ1v) is 17.0. The first kappa shape index (κ1) is 33.2. The number of allylic oxidation sites excluding steroid dienone is 2. The van der Waals surface area contributed by atoms with E-state index >= 15 is 0 Å². The number of unbranched alkanes of at least 4 members (excludes halogenated alkanes) is 1. The number of benzene rings is 1. The molecule has 0 bridgehead atoms. The first-order chi connectivity index (χ1) is 18.1. The van der Waals surface area contributed by atoms with E-state index in [0.29, 0.717) is 37.9 Å². The van der Waals surface area contributed by atoms with Crippen molar-refractivity contribution >= 4 is 14.3 Å². The van der Waals surface area contributed by atoms with Gasteiger partial charge in [-0.2, -0.15) is 8.78 Å². The molecule has 0 saturated heterocycles. The van der Waals surface area contributed by atoms with Gasteiger partial charge in [0.2, 0.25) is 0 Å². The SMILES string of the molecule is CC(C)OC(=O)CCCC=CC[C@@H]1[C@@H](C=CC(F)(F)COc2ccccc2)[C@H](O[Si](C)(C)C(C)(C)C)C[C@@H]1O. The zero-order valence-corrected chi connectivity index (χ0v) is 25.7. The number of para-hydroxylation sites is 1. The lowest BCUT2D eigenvalue weighted by atomic mass is 9.89. The number of carbonyl (C=O) groups is 1. The number of rotatable bonds is 14. The third-order valence-electron chi connectivity index (χ3n) is 7.57. The average Bonchev–Trinajstić information content (AvgIpc) is 3.11. The molecule has 1 N–H and O–H groups in total. The normalized spacial score (nSPS) is 22.7. The molecular weight excluding hydrogens is 518 g/mol. The van der Waals surface area contributed by atoms with E-state index in [1.54, 1.807) is 30.3 Å². The first-order valence-electron chi connectivity index (χ1n) is 14.1. The van der Waals surface area contributed by atoms with Crippen molar-refractivity contribution in [2.75, 3.05) is 6.61 Å². The Morgan fingerprint density at radius 2 is 1.82 bits per heavy atom. The number of ether oxygens (including phenoxy) is 2. The zero-order chi connectivity index (χ0) is 29.3. The summed E-state index contributed by atoms with van der Waals surface area (Å²) in [5.41, 5.74) is 0. The van der Waals surface area contributed by atoms with Crippen molar-refractivity contribution in [2.45, 2.75) is 109 Å². The second-order valence-electron chi connectivity index (χ2n) is 12.3. The van der Waals surface area contributed by atoms with Gasteiger partial charge in [-0.05, 0) is 81.8 Å². The van der Waals surface area contributed by atoms with Crippen LogP contribution in [0.4, 0.5) is 8.78 Å². The summed E-state index contributed by atoms with van der Waals surface area (Å²) in [6.07, 6.45) is 7.96. The Morgan fingerprint density at radius 3 is 2.44 bits per heavy atom. The van der Waals surface area contributed by atoms with Crippen molar-refractivity contribution in [3.05, 3.63) is 54.6 Å². The molecule has 1 aliphatic carbocycles. The Hall–Kier alpha value is -2.03. The number of alkyl halides is 2. The van der Waals surface area contributed by atoms with Crippen molar-refractivity contribution < 1.29 is 32.6 Å². The summed E-state index contributed by atoms with van der Waals surface area (Å²) < 4.78 is 46.7. The van der Waals surface area contributed by atoms with Crippen molar-refractivity contribution in [1.82, 2.24) is 0 Å². The maximum atomic E-state index is 14.8. The molecule has 5 nitrogen and oxygen atoms in total. The van der Waals surface area contributed by atoms with E-state index in [4.69, 9.17) is 13.9 Å². The maximum absolute atomic E-state index is 14.8. The number of hydrogen-bond acceptors (Lipinski definition) is 5. The van der Waals surface area contributed by atoms with E-state index in [1.165, 1.54) is 6.08 Å². The Bertz CT molecular complexity index is 940. The van der Waals surface area contributed by atoms with Crippen molar-refractivity contribution in [2.24, 2.45) is 11.8 Å². The van der Waals surface area contributed by atoms with Crippen LogP contribution < -0.4 is 4.74 Å². The average molecular weight is 567 g/mol. The van der Waals surface area contributed by atoms with Gasteiger partial charge in [-0.25, -0.2) is 0 Å². The van der Waals surface area contributed by atoms with Crippen molar-refractivity contribution in [3.8, 4) is 5.75 Å². The second-order valence-corrected chi connectivity index (χ2v) is 17.1. The summed E-state index contributed by atoms with van der Waals surface area (Å²) in [5, 5.41) is 10.9. The van der Waals surface area contributed by atoms with Crippen LogP contribution in [0.5, 0.6) is 5.75 Å². The van der Waals surface area contributed by atoms with Crippen LogP contribution in [0, 0.1) is 11.8 Å². The van der Waals surface area contributed by atoms with Gasteiger partial charge in [0.15, 0.2) is 14.9 Å². The number of hydrogen-bond donors (Lipinski definition) is 1. The molecule has 1 aliphatic rings. The fourth-order valence-corrected chi connectivity index (χ4v) is 5.78. The molecule has 1 aromatic carbocycles. The summed E-state index contributed by atoms with van der Waals surface area (Å²) in [6.45, 7) is 13.6. The van der Waals surface area contributed by atoms with E-state index < -0.39 is 27.0 Å². The van der Waals surface area contributed by atoms with Gasteiger partial charge >= 0.3 is 5.97 Å². The minimum absolute atomic E-state index is 0.0472.